The van der Waals surface area contributed by atoms with Crippen molar-refractivity contribution in [2.24, 2.45) is 5.73 Å². The van der Waals surface area contributed by atoms with Gasteiger partial charge in [0, 0.05) is 10.9 Å². The fourth-order valence-electron chi connectivity index (χ4n) is 3.66. The number of primary amides is 1. The second-order valence-corrected chi connectivity index (χ2v) is 8.60. The zero-order valence-corrected chi connectivity index (χ0v) is 17.8. The van der Waals surface area contributed by atoms with Crippen LogP contribution in [0.4, 0.5) is 19.9 Å². The highest BCUT2D eigenvalue weighted by Gasteiger charge is 2.29. The smallest absolute Gasteiger partial charge is 0.322 e. The number of para-hydroxylation sites is 1. The van der Waals surface area contributed by atoms with Crippen LogP contribution in [0.15, 0.2) is 24.3 Å². The van der Waals surface area contributed by atoms with Gasteiger partial charge in [0.1, 0.15) is 17.4 Å². The van der Waals surface area contributed by atoms with Gasteiger partial charge >= 0.3 is 6.03 Å². The number of urea groups is 1. The van der Waals surface area contributed by atoms with Crippen molar-refractivity contribution in [2.45, 2.75) is 45.6 Å². The zero-order chi connectivity index (χ0) is 21.8. The van der Waals surface area contributed by atoms with Crippen molar-refractivity contribution in [1.29, 1.82) is 0 Å². The summed E-state index contributed by atoms with van der Waals surface area (Å²) in [7, 11) is 0. The minimum Gasteiger partial charge on any atom is -0.365 e. The number of nitrogens with zero attached hydrogens (tertiary/aromatic N) is 1. The number of rotatable bonds is 6. The van der Waals surface area contributed by atoms with Gasteiger partial charge in [0.15, 0.2) is 0 Å². The van der Waals surface area contributed by atoms with Crippen molar-refractivity contribution in [3.8, 4) is 0 Å². The fourth-order valence-corrected chi connectivity index (χ4v) is 4.75. The van der Waals surface area contributed by atoms with Crippen LogP contribution in [0.5, 0.6) is 0 Å². The van der Waals surface area contributed by atoms with Gasteiger partial charge in [0.2, 0.25) is 5.91 Å². The van der Waals surface area contributed by atoms with Gasteiger partial charge in [-0.15, -0.1) is 11.3 Å². The summed E-state index contributed by atoms with van der Waals surface area (Å²) in [5.74, 6) is -1.59. The van der Waals surface area contributed by atoms with Gasteiger partial charge in [-0.1, -0.05) is 25.0 Å². The van der Waals surface area contributed by atoms with E-state index >= 15 is 0 Å². The maximum atomic E-state index is 13.9. The quantitative estimate of drug-likeness (QED) is 0.642. The van der Waals surface area contributed by atoms with E-state index in [-0.39, 0.29) is 23.8 Å². The van der Waals surface area contributed by atoms with Gasteiger partial charge in [0.25, 0.3) is 5.91 Å². The molecule has 0 spiro atoms. The van der Waals surface area contributed by atoms with Crippen LogP contribution in [0, 0.1) is 19.7 Å². The molecule has 3 rings (SSSR count). The number of aryl methyl sites for hydroxylation is 1. The van der Waals surface area contributed by atoms with E-state index in [9.17, 15) is 18.8 Å². The van der Waals surface area contributed by atoms with Crippen molar-refractivity contribution >= 4 is 39.9 Å². The molecule has 0 aliphatic heterocycles. The molecule has 1 saturated carbocycles. The number of nitrogens with two attached hydrogens (primary N) is 1. The van der Waals surface area contributed by atoms with Gasteiger partial charge in [-0.25, -0.2) is 9.18 Å². The first-order valence-electron chi connectivity index (χ1n) is 9.79. The summed E-state index contributed by atoms with van der Waals surface area (Å²) < 4.78 is 13.9. The number of hydrogen-bond donors (Lipinski definition) is 3. The van der Waals surface area contributed by atoms with E-state index in [0.29, 0.717) is 5.00 Å². The van der Waals surface area contributed by atoms with Crippen molar-refractivity contribution in [3.63, 3.8) is 0 Å². The largest absolute Gasteiger partial charge is 0.365 e. The predicted molar refractivity (Wildman–Crippen MR) is 115 cm³/mol. The molecule has 9 heteroatoms. The van der Waals surface area contributed by atoms with Crippen LogP contribution in [0.25, 0.3) is 0 Å². The monoisotopic (exact) mass is 432 g/mol. The molecule has 1 aromatic carbocycles. The lowest BCUT2D eigenvalue weighted by atomic mass is 10.1. The van der Waals surface area contributed by atoms with Crippen LogP contribution in [0.2, 0.25) is 0 Å². The summed E-state index contributed by atoms with van der Waals surface area (Å²) in [4.78, 5) is 39.7. The third-order valence-electron chi connectivity index (χ3n) is 5.34. The highest BCUT2D eigenvalue weighted by atomic mass is 32.1. The number of anilines is 2. The lowest BCUT2D eigenvalue weighted by Gasteiger charge is -2.28. The Balaban J connectivity index is 1.76. The SMILES string of the molecule is Cc1sc(NC(=O)CN(C(=O)Nc2ccccc2F)C2CCCC2)c(C(N)=O)c1C. The molecular weight excluding hydrogens is 407 g/mol. The Hall–Kier alpha value is -2.94. The fraction of sp³-hybridized carbons (Fsp3) is 0.381. The molecule has 0 bridgehead atoms. The number of carbonyl (C=O) groups excluding carboxylic acids is 3. The molecule has 30 heavy (non-hydrogen) atoms. The summed E-state index contributed by atoms with van der Waals surface area (Å²) in [6, 6.07) is 5.25. The molecule has 0 unspecified atom stereocenters. The Morgan fingerprint density at radius 2 is 1.83 bits per heavy atom. The van der Waals surface area contributed by atoms with Gasteiger partial charge in [-0.05, 0) is 44.4 Å². The maximum absolute atomic E-state index is 13.9. The number of thiophene rings is 1. The van der Waals surface area contributed by atoms with Gasteiger partial charge in [-0.3, -0.25) is 9.59 Å². The topological polar surface area (TPSA) is 105 Å². The summed E-state index contributed by atoms with van der Waals surface area (Å²) in [6.45, 7) is 3.40. The van der Waals surface area contributed by atoms with Crippen molar-refractivity contribution in [3.05, 3.63) is 46.1 Å². The normalized spacial score (nSPS) is 13.8. The third kappa shape index (κ3) is 4.79. The average Bonchev–Trinajstić information content (AvgIpc) is 3.30. The van der Waals surface area contributed by atoms with E-state index < -0.39 is 23.7 Å². The predicted octanol–water partition coefficient (Wildman–Crippen LogP) is 4.02. The standard InChI is InChI=1S/C21H25FN4O3S/c1-12-13(2)30-20(18(12)19(23)28)25-17(27)11-26(14-7-3-4-8-14)21(29)24-16-10-6-5-9-15(16)22/h5-6,9-10,14H,3-4,7-8,11H2,1-2H3,(H2,23,28)(H,24,29)(H,25,27). The van der Waals surface area contributed by atoms with E-state index in [1.807, 2.05) is 6.92 Å². The van der Waals surface area contributed by atoms with Crippen LogP contribution in [0.3, 0.4) is 0 Å². The first-order chi connectivity index (χ1) is 14.3. The van der Waals surface area contributed by atoms with Gasteiger partial charge < -0.3 is 21.3 Å². The molecule has 4 amide bonds. The van der Waals surface area contributed by atoms with Crippen LogP contribution >= 0.6 is 11.3 Å². The maximum Gasteiger partial charge on any atom is 0.322 e. The van der Waals surface area contributed by atoms with E-state index in [1.165, 1.54) is 34.4 Å². The Labute approximate surface area is 178 Å². The van der Waals surface area contributed by atoms with E-state index in [1.54, 1.807) is 13.0 Å². The van der Waals surface area contributed by atoms with Crippen LogP contribution in [0.1, 0.15) is 46.5 Å². The highest BCUT2D eigenvalue weighted by molar-refractivity contribution is 7.16. The van der Waals surface area contributed by atoms with Crippen LogP contribution in [-0.2, 0) is 4.79 Å². The summed E-state index contributed by atoms with van der Waals surface area (Å²) in [6.07, 6.45) is 3.49. The lowest BCUT2D eigenvalue weighted by molar-refractivity contribution is -0.117. The number of carbonyl (C=O) groups is 3. The summed E-state index contributed by atoms with van der Waals surface area (Å²) in [5, 5.41) is 5.66. The average molecular weight is 433 g/mol. The minimum atomic E-state index is -0.614. The number of benzene rings is 1. The molecule has 0 radical (unpaired) electrons. The highest BCUT2D eigenvalue weighted by Crippen LogP contribution is 2.32. The van der Waals surface area contributed by atoms with Crippen molar-refractivity contribution < 1.29 is 18.8 Å². The number of amides is 4. The second kappa shape index (κ2) is 9.25. The molecule has 1 aliphatic carbocycles. The molecule has 4 N–H and O–H groups in total. The Morgan fingerprint density at radius 3 is 2.47 bits per heavy atom. The molecule has 2 aromatic rings. The van der Waals surface area contributed by atoms with Crippen LogP contribution < -0.4 is 16.4 Å². The summed E-state index contributed by atoms with van der Waals surface area (Å²) in [5.41, 5.74) is 6.54. The molecule has 1 fully saturated rings. The number of halogens is 1. The first-order valence-corrected chi connectivity index (χ1v) is 10.6. The zero-order valence-electron chi connectivity index (χ0n) is 17.0. The molecule has 1 aliphatic rings. The molecule has 0 saturated heterocycles. The molecule has 7 nitrogen and oxygen atoms in total. The summed E-state index contributed by atoms with van der Waals surface area (Å²) >= 11 is 1.27. The van der Waals surface area contributed by atoms with E-state index in [4.69, 9.17) is 5.73 Å². The minimum absolute atomic E-state index is 0.0615. The molecular formula is C21H25FN4O3S. The van der Waals surface area contributed by atoms with Crippen LogP contribution in [-0.4, -0.2) is 35.3 Å². The van der Waals surface area contributed by atoms with Crippen molar-refractivity contribution in [1.82, 2.24) is 4.90 Å². The van der Waals surface area contributed by atoms with E-state index in [2.05, 4.69) is 10.6 Å². The second-order valence-electron chi connectivity index (χ2n) is 7.38. The molecule has 160 valence electrons. The van der Waals surface area contributed by atoms with Gasteiger partial charge in [-0.2, -0.15) is 0 Å². The Bertz CT molecular complexity index is 969. The number of nitrogens with one attached hydrogen (secondary N) is 2. The van der Waals surface area contributed by atoms with E-state index in [0.717, 1.165) is 36.1 Å². The Kier molecular flexibility index (Phi) is 6.71. The third-order valence-corrected chi connectivity index (χ3v) is 6.46. The molecule has 1 aromatic heterocycles. The molecule has 1 heterocycles. The number of hydrogen-bond acceptors (Lipinski definition) is 4. The first kappa shape index (κ1) is 21.8. The molecule has 0 atom stereocenters. The Morgan fingerprint density at radius 1 is 1.17 bits per heavy atom. The van der Waals surface area contributed by atoms with Gasteiger partial charge in [0.05, 0.1) is 11.3 Å². The van der Waals surface area contributed by atoms with Crippen molar-refractivity contribution in [2.75, 3.05) is 17.2 Å². The lowest BCUT2D eigenvalue weighted by Crippen LogP contribution is -2.46.